The van der Waals surface area contributed by atoms with Crippen LogP contribution in [0.2, 0.25) is 0 Å². The Morgan fingerprint density at radius 2 is 2.15 bits per heavy atom. The Balaban J connectivity index is 2.14. The van der Waals surface area contributed by atoms with Crippen LogP contribution in [0.15, 0.2) is 34.9 Å². The van der Waals surface area contributed by atoms with Crippen LogP contribution in [0.3, 0.4) is 0 Å². The number of aromatic nitrogens is 1. The first-order valence-electron chi connectivity index (χ1n) is 6.34. The summed E-state index contributed by atoms with van der Waals surface area (Å²) < 4.78 is 15.7. The lowest BCUT2D eigenvalue weighted by Crippen LogP contribution is -2.08. The molecule has 0 amide bonds. The predicted molar refractivity (Wildman–Crippen MR) is 72.4 cm³/mol. The van der Waals surface area contributed by atoms with E-state index >= 15 is 0 Å². The van der Waals surface area contributed by atoms with Gasteiger partial charge in [0.05, 0.1) is 19.2 Å². The first-order chi connectivity index (χ1) is 9.60. The first-order valence-corrected chi connectivity index (χ1v) is 6.34. The number of para-hydroxylation sites is 1. The Morgan fingerprint density at radius 1 is 1.40 bits per heavy atom. The predicted octanol–water partition coefficient (Wildman–Crippen LogP) is 2.84. The van der Waals surface area contributed by atoms with Crippen LogP contribution >= 0.6 is 0 Å². The summed E-state index contributed by atoms with van der Waals surface area (Å²) in [5.41, 5.74) is 1.58. The summed E-state index contributed by atoms with van der Waals surface area (Å²) in [6.07, 6.45) is -0.107. The maximum atomic E-state index is 11.4. The Hall–Kier alpha value is -2.30. The second-order valence-electron chi connectivity index (χ2n) is 4.49. The zero-order chi connectivity index (χ0) is 14.5. The van der Waals surface area contributed by atoms with Gasteiger partial charge in [-0.15, -0.1) is 0 Å². The van der Waals surface area contributed by atoms with Crippen LogP contribution in [0, 0.1) is 6.92 Å². The number of benzene rings is 1. The molecule has 0 fully saturated rings. The van der Waals surface area contributed by atoms with Crippen molar-refractivity contribution in [1.29, 1.82) is 0 Å². The molecular formula is C15H17NO4. The summed E-state index contributed by atoms with van der Waals surface area (Å²) in [6, 6.07) is 9.19. The highest BCUT2D eigenvalue weighted by atomic mass is 16.5. The number of nitrogens with zero attached hydrogens (tertiary/aromatic N) is 1. The highest BCUT2D eigenvalue weighted by Gasteiger charge is 2.15. The minimum Gasteiger partial charge on any atom is -0.482 e. The summed E-state index contributed by atoms with van der Waals surface area (Å²) in [4.78, 5) is 11.4. The van der Waals surface area contributed by atoms with E-state index < -0.39 is 0 Å². The summed E-state index contributed by atoms with van der Waals surface area (Å²) >= 11 is 0. The molecule has 1 aromatic heterocycles. The van der Waals surface area contributed by atoms with Gasteiger partial charge in [-0.25, -0.2) is 0 Å². The van der Waals surface area contributed by atoms with E-state index in [0.29, 0.717) is 11.5 Å². The number of hydrogen-bond donors (Lipinski definition) is 0. The lowest BCUT2D eigenvalue weighted by atomic mass is 10.1. The van der Waals surface area contributed by atoms with E-state index in [4.69, 9.17) is 9.26 Å². The van der Waals surface area contributed by atoms with Gasteiger partial charge in [-0.05, 0) is 19.9 Å². The number of carbonyl (C=O) groups excluding carboxylic acids is 1. The van der Waals surface area contributed by atoms with Gasteiger partial charge < -0.3 is 14.0 Å². The van der Waals surface area contributed by atoms with Gasteiger partial charge in [0.15, 0.2) is 11.9 Å². The quantitative estimate of drug-likeness (QED) is 0.785. The van der Waals surface area contributed by atoms with Crippen molar-refractivity contribution in [2.45, 2.75) is 26.4 Å². The van der Waals surface area contributed by atoms with Gasteiger partial charge in [0, 0.05) is 11.6 Å². The van der Waals surface area contributed by atoms with E-state index in [2.05, 4.69) is 9.89 Å². The lowest BCUT2D eigenvalue weighted by Gasteiger charge is -2.14. The number of ether oxygens (including phenoxy) is 2. The third-order valence-electron chi connectivity index (χ3n) is 2.89. The van der Waals surface area contributed by atoms with E-state index in [0.717, 1.165) is 11.3 Å². The van der Waals surface area contributed by atoms with Gasteiger partial charge in [0.25, 0.3) is 0 Å². The first kappa shape index (κ1) is 14.1. The largest absolute Gasteiger partial charge is 0.482 e. The molecule has 1 unspecified atom stereocenters. The van der Waals surface area contributed by atoms with E-state index in [9.17, 15) is 4.79 Å². The Kier molecular flexibility index (Phi) is 4.40. The topological polar surface area (TPSA) is 61.6 Å². The van der Waals surface area contributed by atoms with E-state index in [1.54, 1.807) is 0 Å². The van der Waals surface area contributed by atoms with Gasteiger partial charge in [-0.1, -0.05) is 23.4 Å². The van der Waals surface area contributed by atoms with Crippen LogP contribution in [-0.4, -0.2) is 18.2 Å². The fraction of sp³-hybridized carbons (Fsp3) is 0.333. The highest BCUT2D eigenvalue weighted by molar-refractivity contribution is 5.73. The molecule has 2 aromatic rings. The molecule has 0 aliphatic carbocycles. The van der Waals surface area contributed by atoms with Crippen molar-refractivity contribution in [3.05, 3.63) is 47.3 Å². The zero-order valence-corrected chi connectivity index (χ0v) is 11.8. The second-order valence-corrected chi connectivity index (χ2v) is 4.49. The van der Waals surface area contributed by atoms with Crippen molar-refractivity contribution in [2.75, 3.05) is 7.11 Å². The van der Waals surface area contributed by atoms with Crippen LogP contribution in [0.4, 0.5) is 0 Å². The van der Waals surface area contributed by atoms with E-state index in [1.807, 2.05) is 44.2 Å². The number of rotatable bonds is 5. The average Bonchev–Trinajstić information content (AvgIpc) is 2.87. The Morgan fingerprint density at radius 3 is 2.80 bits per heavy atom. The smallest absolute Gasteiger partial charge is 0.310 e. The summed E-state index contributed by atoms with van der Waals surface area (Å²) in [5, 5.41) is 3.83. The number of carbonyl (C=O) groups is 1. The van der Waals surface area contributed by atoms with E-state index in [1.165, 1.54) is 7.11 Å². The average molecular weight is 275 g/mol. The molecule has 0 saturated heterocycles. The minimum atomic E-state index is -0.302. The van der Waals surface area contributed by atoms with Gasteiger partial charge >= 0.3 is 5.97 Å². The van der Waals surface area contributed by atoms with Crippen LogP contribution in [0.1, 0.15) is 30.0 Å². The number of esters is 1. The molecular weight excluding hydrogens is 258 g/mol. The molecule has 5 nitrogen and oxygen atoms in total. The van der Waals surface area contributed by atoms with Crippen molar-refractivity contribution in [3.63, 3.8) is 0 Å². The Labute approximate surface area is 117 Å². The standard InChI is InChI=1S/C15H17NO4/c1-10-8-14(20-16-10)11(2)19-13-7-5-4-6-12(13)9-15(17)18-3/h4-8,11H,9H2,1-3H3. The fourth-order valence-electron chi connectivity index (χ4n) is 1.82. The molecule has 5 heteroatoms. The maximum Gasteiger partial charge on any atom is 0.310 e. The summed E-state index contributed by atoms with van der Waals surface area (Å²) in [5.74, 6) is 0.985. The zero-order valence-electron chi connectivity index (χ0n) is 11.8. The van der Waals surface area contributed by atoms with Gasteiger partial charge in [-0.3, -0.25) is 4.79 Å². The molecule has 2 rings (SSSR count). The number of aryl methyl sites for hydroxylation is 1. The lowest BCUT2D eigenvalue weighted by molar-refractivity contribution is -0.139. The molecule has 1 heterocycles. The second kappa shape index (κ2) is 6.23. The molecule has 1 atom stereocenters. The van der Waals surface area contributed by atoms with Crippen molar-refractivity contribution in [3.8, 4) is 5.75 Å². The van der Waals surface area contributed by atoms with Gasteiger partial charge in [0.1, 0.15) is 5.75 Å². The minimum absolute atomic E-state index is 0.175. The maximum absolute atomic E-state index is 11.4. The Bertz CT molecular complexity index is 591. The van der Waals surface area contributed by atoms with Crippen LogP contribution in [0.5, 0.6) is 5.75 Å². The molecule has 0 aliphatic rings. The molecule has 1 aromatic carbocycles. The van der Waals surface area contributed by atoms with Crippen molar-refractivity contribution in [2.24, 2.45) is 0 Å². The molecule has 0 N–H and O–H groups in total. The fourth-order valence-corrected chi connectivity index (χ4v) is 1.82. The molecule has 106 valence electrons. The molecule has 0 saturated carbocycles. The van der Waals surface area contributed by atoms with Crippen molar-refractivity contribution >= 4 is 5.97 Å². The van der Waals surface area contributed by atoms with E-state index in [-0.39, 0.29) is 18.5 Å². The third-order valence-corrected chi connectivity index (χ3v) is 2.89. The molecule has 0 radical (unpaired) electrons. The van der Waals surface area contributed by atoms with Crippen LogP contribution < -0.4 is 4.74 Å². The number of hydrogen-bond acceptors (Lipinski definition) is 5. The van der Waals surface area contributed by atoms with Crippen molar-refractivity contribution < 1.29 is 18.8 Å². The third kappa shape index (κ3) is 3.38. The summed E-state index contributed by atoms with van der Waals surface area (Å²) in [6.45, 7) is 3.72. The SMILES string of the molecule is COC(=O)Cc1ccccc1OC(C)c1cc(C)no1. The monoisotopic (exact) mass is 275 g/mol. The molecule has 20 heavy (non-hydrogen) atoms. The van der Waals surface area contributed by atoms with Gasteiger partial charge in [-0.2, -0.15) is 0 Å². The highest BCUT2D eigenvalue weighted by Crippen LogP contribution is 2.26. The van der Waals surface area contributed by atoms with Crippen molar-refractivity contribution in [1.82, 2.24) is 5.16 Å². The normalized spacial score (nSPS) is 11.9. The van der Waals surface area contributed by atoms with Crippen LogP contribution in [-0.2, 0) is 16.0 Å². The molecule has 0 bridgehead atoms. The molecule has 0 spiro atoms. The van der Waals surface area contributed by atoms with Crippen LogP contribution in [0.25, 0.3) is 0 Å². The van der Waals surface area contributed by atoms with Gasteiger partial charge in [0.2, 0.25) is 0 Å². The molecule has 0 aliphatic heterocycles. The number of methoxy groups -OCH3 is 1. The summed E-state index contributed by atoms with van der Waals surface area (Å²) in [7, 11) is 1.37.